The summed E-state index contributed by atoms with van der Waals surface area (Å²) in [6.45, 7) is 5.71. The molecule has 0 aliphatic carbocycles. The van der Waals surface area contributed by atoms with Crippen LogP contribution in [-0.4, -0.2) is 76.1 Å². The largest absolute Gasteiger partial charge is 0.480 e. The Morgan fingerprint density at radius 3 is 2.19 bits per heavy atom. The molecule has 0 aromatic heterocycles. The minimum atomic E-state index is -1.02. The van der Waals surface area contributed by atoms with E-state index in [9.17, 15) is 24.3 Å². The Hall–Kier alpha value is -2.32. The summed E-state index contributed by atoms with van der Waals surface area (Å²) < 4.78 is 5.09. The Labute approximate surface area is 152 Å². The highest BCUT2D eigenvalue weighted by Gasteiger charge is 2.42. The first-order chi connectivity index (χ1) is 12.1. The zero-order valence-electron chi connectivity index (χ0n) is 15.5. The zero-order valence-corrected chi connectivity index (χ0v) is 15.5. The number of carbonyl (C=O) groups is 4. The Morgan fingerprint density at radius 2 is 1.62 bits per heavy atom. The van der Waals surface area contributed by atoms with Crippen LogP contribution in [-0.2, 0) is 19.1 Å². The number of carboxylic acid groups (broad SMARTS) is 1. The summed E-state index contributed by atoms with van der Waals surface area (Å²) in [6.07, 6.45) is 1.55. The molecular formula is C17H27N3O6. The van der Waals surface area contributed by atoms with Crippen molar-refractivity contribution in [3.8, 4) is 0 Å². The summed E-state index contributed by atoms with van der Waals surface area (Å²) in [7, 11) is 0. The van der Waals surface area contributed by atoms with Gasteiger partial charge in [0, 0.05) is 13.1 Å². The van der Waals surface area contributed by atoms with Gasteiger partial charge in [0.2, 0.25) is 11.8 Å². The number of amides is 3. The number of hydrogen-bond donors (Lipinski definition) is 2. The standard InChI is InChI=1S/C17H27N3O6/c1-17(2,3)26-16(25)18-10-13(21)19-8-4-6-11(19)14(22)20-9-5-7-12(20)15(23)24/h11-12H,4-10H2,1-3H3,(H,18,25)(H,23,24)/t11-,12-/m0/s1. The van der Waals surface area contributed by atoms with Gasteiger partial charge in [0.15, 0.2) is 0 Å². The molecule has 0 saturated carbocycles. The van der Waals surface area contributed by atoms with E-state index in [4.69, 9.17) is 4.74 Å². The van der Waals surface area contributed by atoms with E-state index in [-0.39, 0.29) is 18.4 Å². The Bertz CT molecular complexity index is 586. The number of likely N-dealkylation sites (tertiary alicyclic amines) is 2. The monoisotopic (exact) mass is 369 g/mol. The minimum Gasteiger partial charge on any atom is -0.480 e. The molecule has 2 aliphatic rings. The van der Waals surface area contributed by atoms with E-state index >= 15 is 0 Å². The third kappa shape index (κ3) is 4.86. The SMILES string of the molecule is CC(C)(C)OC(=O)NCC(=O)N1CCC[C@H]1C(=O)N1CCC[C@H]1C(=O)O. The third-order valence-electron chi connectivity index (χ3n) is 4.46. The van der Waals surface area contributed by atoms with Gasteiger partial charge in [-0.25, -0.2) is 9.59 Å². The maximum Gasteiger partial charge on any atom is 0.408 e. The lowest BCUT2D eigenvalue weighted by molar-refractivity contribution is -0.151. The molecule has 2 fully saturated rings. The van der Waals surface area contributed by atoms with Gasteiger partial charge in [-0.15, -0.1) is 0 Å². The van der Waals surface area contributed by atoms with Crippen LogP contribution >= 0.6 is 0 Å². The first-order valence-corrected chi connectivity index (χ1v) is 8.90. The number of hydrogen-bond acceptors (Lipinski definition) is 5. The minimum absolute atomic E-state index is 0.263. The van der Waals surface area contributed by atoms with E-state index in [1.54, 1.807) is 20.8 Å². The van der Waals surface area contributed by atoms with Crippen LogP contribution in [0.2, 0.25) is 0 Å². The summed E-state index contributed by atoms with van der Waals surface area (Å²) in [5, 5.41) is 11.7. The Kier molecular flexibility index (Phi) is 6.09. The van der Waals surface area contributed by atoms with Crippen molar-refractivity contribution in [2.75, 3.05) is 19.6 Å². The van der Waals surface area contributed by atoms with Crippen LogP contribution in [0.3, 0.4) is 0 Å². The molecular weight excluding hydrogens is 342 g/mol. The smallest absolute Gasteiger partial charge is 0.408 e. The number of nitrogens with zero attached hydrogens (tertiary/aromatic N) is 2. The van der Waals surface area contributed by atoms with E-state index in [1.165, 1.54) is 9.80 Å². The van der Waals surface area contributed by atoms with Crippen molar-refractivity contribution in [3.63, 3.8) is 0 Å². The van der Waals surface area contributed by atoms with Gasteiger partial charge in [0.25, 0.3) is 0 Å². The van der Waals surface area contributed by atoms with Crippen LogP contribution in [0, 0.1) is 0 Å². The lowest BCUT2D eigenvalue weighted by Gasteiger charge is -2.30. The van der Waals surface area contributed by atoms with Crippen molar-refractivity contribution >= 4 is 23.9 Å². The predicted octanol–water partition coefficient (Wildman–Crippen LogP) is 0.578. The fourth-order valence-corrected chi connectivity index (χ4v) is 3.36. The van der Waals surface area contributed by atoms with Gasteiger partial charge >= 0.3 is 12.1 Å². The number of rotatable bonds is 4. The molecule has 0 spiro atoms. The topological polar surface area (TPSA) is 116 Å². The maximum atomic E-state index is 12.8. The van der Waals surface area contributed by atoms with E-state index in [0.717, 1.165) is 0 Å². The summed E-state index contributed by atoms with van der Waals surface area (Å²) in [6, 6.07) is -1.48. The first-order valence-electron chi connectivity index (χ1n) is 8.90. The van der Waals surface area contributed by atoms with Crippen molar-refractivity contribution in [3.05, 3.63) is 0 Å². The average molecular weight is 369 g/mol. The normalized spacial score (nSPS) is 23.0. The van der Waals surface area contributed by atoms with Crippen LogP contribution in [0.5, 0.6) is 0 Å². The molecule has 2 N–H and O–H groups in total. The number of nitrogens with one attached hydrogen (secondary N) is 1. The van der Waals surface area contributed by atoms with Gasteiger partial charge < -0.3 is 25.0 Å². The summed E-state index contributed by atoms with van der Waals surface area (Å²) in [5.74, 6) is -1.71. The number of aliphatic carboxylic acids is 1. The molecule has 2 saturated heterocycles. The number of carboxylic acids is 1. The predicted molar refractivity (Wildman–Crippen MR) is 91.3 cm³/mol. The Morgan fingerprint density at radius 1 is 1.04 bits per heavy atom. The van der Waals surface area contributed by atoms with Gasteiger partial charge in [-0.1, -0.05) is 0 Å². The van der Waals surface area contributed by atoms with Crippen LogP contribution in [0.1, 0.15) is 46.5 Å². The molecule has 9 nitrogen and oxygen atoms in total. The summed E-state index contributed by atoms with van der Waals surface area (Å²) >= 11 is 0. The molecule has 0 bridgehead atoms. The Balaban J connectivity index is 1.94. The molecule has 2 atom stereocenters. The molecule has 2 rings (SSSR count). The summed E-state index contributed by atoms with van der Waals surface area (Å²) in [4.78, 5) is 51.0. The van der Waals surface area contributed by atoms with Crippen LogP contribution < -0.4 is 5.32 Å². The second-order valence-electron chi connectivity index (χ2n) is 7.63. The number of alkyl carbamates (subject to hydrolysis) is 1. The number of ether oxygens (including phenoxy) is 1. The number of carbonyl (C=O) groups excluding carboxylic acids is 3. The lowest BCUT2D eigenvalue weighted by atomic mass is 10.1. The average Bonchev–Trinajstić information content (AvgIpc) is 3.19. The second-order valence-corrected chi connectivity index (χ2v) is 7.63. The molecule has 146 valence electrons. The molecule has 9 heteroatoms. The summed E-state index contributed by atoms with van der Waals surface area (Å²) in [5.41, 5.74) is -0.666. The zero-order chi connectivity index (χ0) is 19.5. The third-order valence-corrected chi connectivity index (χ3v) is 4.46. The molecule has 0 radical (unpaired) electrons. The van der Waals surface area contributed by atoms with Gasteiger partial charge in [-0.3, -0.25) is 9.59 Å². The quantitative estimate of drug-likeness (QED) is 0.749. The lowest BCUT2D eigenvalue weighted by Crippen LogP contribution is -2.52. The van der Waals surface area contributed by atoms with Crippen molar-refractivity contribution in [1.82, 2.24) is 15.1 Å². The second kappa shape index (κ2) is 7.92. The highest BCUT2D eigenvalue weighted by atomic mass is 16.6. The van der Waals surface area contributed by atoms with Crippen molar-refractivity contribution in [2.45, 2.75) is 64.1 Å². The van der Waals surface area contributed by atoms with Gasteiger partial charge in [0.05, 0.1) is 0 Å². The van der Waals surface area contributed by atoms with Crippen LogP contribution in [0.15, 0.2) is 0 Å². The van der Waals surface area contributed by atoms with Crippen molar-refractivity contribution < 1.29 is 29.0 Å². The van der Waals surface area contributed by atoms with E-state index in [2.05, 4.69) is 5.32 Å². The van der Waals surface area contributed by atoms with Gasteiger partial charge in [0.1, 0.15) is 24.2 Å². The van der Waals surface area contributed by atoms with E-state index < -0.39 is 29.7 Å². The van der Waals surface area contributed by atoms with Crippen molar-refractivity contribution in [1.29, 1.82) is 0 Å². The van der Waals surface area contributed by atoms with E-state index in [0.29, 0.717) is 38.8 Å². The molecule has 3 amide bonds. The maximum absolute atomic E-state index is 12.8. The van der Waals surface area contributed by atoms with Crippen LogP contribution in [0.25, 0.3) is 0 Å². The molecule has 0 aromatic carbocycles. The van der Waals surface area contributed by atoms with Gasteiger partial charge in [-0.05, 0) is 46.5 Å². The van der Waals surface area contributed by atoms with Gasteiger partial charge in [-0.2, -0.15) is 0 Å². The highest BCUT2D eigenvalue weighted by Crippen LogP contribution is 2.25. The molecule has 26 heavy (non-hydrogen) atoms. The molecule has 2 aliphatic heterocycles. The first kappa shape index (κ1) is 20.0. The fourth-order valence-electron chi connectivity index (χ4n) is 3.36. The molecule has 0 aromatic rings. The van der Waals surface area contributed by atoms with Crippen molar-refractivity contribution in [2.24, 2.45) is 0 Å². The van der Waals surface area contributed by atoms with Crippen LogP contribution in [0.4, 0.5) is 4.79 Å². The molecule has 0 unspecified atom stereocenters. The van der Waals surface area contributed by atoms with E-state index in [1.807, 2.05) is 0 Å². The fraction of sp³-hybridized carbons (Fsp3) is 0.765. The highest BCUT2D eigenvalue weighted by molar-refractivity contribution is 5.92. The molecule has 2 heterocycles.